The molecular weight excluding hydrogens is 262 g/mol. The molecule has 1 atom stereocenters. The predicted molar refractivity (Wildman–Crippen MR) is 78.7 cm³/mol. The summed E-state index contributed by atoms with van der Waals surface area (Å²) in [6, 6.07) is 7.41. The molecule has 0 saturated carbocycles. The molecule has 1 saturated heterocycles. The lowest BCUT2D eigenvalue weighted by Crippen LogP contribution is -2.63. The highest BCUT2D eigenvalue weighted by Gasteiger charge is 2.35. The normalized spacial score (nSPS) is 22.1. The molecule has 0 spiro atoms. The van der Waals surface area contributed by atoms with Crippen LogP contribution in [0.3, 0.4) is 0 Å². The molecule has 2 N–H and O–H groups in total. The van der Waals surface area contributed by atoms with Crippen LogP contribution in [0.1, 0.15) is 20.8 Å². The van der Waals surface area contributed by atoms with E-state index < -0.39 is 0 Å². The Morgan fingerprint density at radius 3 is 2.95 bits per heavy atom. The summed E-state index contributed by atoms with van der Waals surface area (Å²) < 4.78 is 0. The third kappa shape index (κ3) is 3.39. The highest BCUT2D eigenvalue weighted by molar-refractivity contribution is 6.30. The number of anilines is 1. The van der Waals surface area contributed by atoms with Crippen LogP contribution >= 0.6 is 11.6 Å². The first kappa shape index (κ1) is 14.2. The maximum Gasteiger partial charge on any atom is 0.322 e. The SMILES string of the molecule is CC1CN(C(=O)Nc2cccc(Cl)c2)C(C)(C)CN1. The van der Waals surface area contributed by atoms with Crippen LogP contribution in [0.5, 0.6) is 0 Å². The number of urea groups is 1. The van der Waals surface area contributed by atoms with E-state index in [0.29, 0.717) is 17.6 Å². The second-order valence-electron chi connectivity index (χ2n) is 5.65. The lowest BCUT2D eigenvalue weighted by atomic mass is 9.98. The Hall–Kier alpha value is -1.26. The summed E-state index contributed by atoms with van der Waals surface area (Å²) in [5.41, 5.74) is 0.523. The van der Waals surface area contributed by atoms with Crippen LogP contribution < -0.4 is 10.6 Å². The number of piperazine rings is 1. The molecule has 1 unspecified atom stereocenters. The highest BCUT2D eigenvalue weighted by Crippen LogP contribution is 2.21. The van der Waals surface area contributed by atoms with Crippen molar-refractivity contribution in [1.82, 2.24) is 10.2 Å². The quantitative estimate of drug-likeness (QED) is 0.831. The number of amides is 2. The van der Waals surface area contributed by atoms with E-state index in [4.69, 9.17) is 11.6 Å². The second kappa shape index (κ2) is 5.39. The number of nitrogens with one attached hydrogen (secondary N) is 2. The smallest absolute Gasteiger partial charge is 0.317 e. The molecule has 0 aromatic heterocycles. The number of hydrogen-bond donors (Lipinski definition) is 2. The van der Waals surface area contributed by atoms with Crippen LogP contribution in [-0.4, -0.2) is 35.6 Å². The van der Waals surface area contributed by atoms with E-state index >= 15 is 0 Å². The molecule has 104 valence electrons. The average Bonchev–Trinajstić information content (AvgIpc) is 2.32. The molecule has 1 aliphatic rings. The Labute approximate surface area is 119 Å². The summed E-state index contributed by atoms with van der Waals surface area (Å²) in [4.78, 5) is 14.3. The Balaban J connectivity index is 2.10. The molecule has 0 bridgehead atoms. The summed E-state index contributed by atoms with van der Waals surface area (Å²) in [5, 5.41) is 6.91. The second-order valence-corrected chi connectivity index (χ2v) is 6.08. The Morgan fingerprint density at radius 1 is 1.53 bits per heavy atom. The maximum absolute atomic E-state index is 12.4. The Bertz CT molecular complexity index is 476. The first-order valence-electron chi connectivity index (χ1n) is 6.46. The van der Waals surface area contributed by atoms with E-state index in [1.54, 1.807) is 12.1 Å². The van der Waals surface area contributed by atoms with Gasteiger partial charge in [0.1, 0.15) is 0 Å². The predicted octanol–water partition coefficient (Wildman–Crippen LogP) is 2.94. The third-order valence-electron chi connectivity index (χ3n) is 3.39. The highest BCUT2D eigenvalue weighted by atomic mass is 35.5. The van der Waals surface area contributed by atoms with Gasteiger partial charge in [0.2, 0.25) is 0 Å². The van der Waals surface area contributed by atoms with Gasteiger partial charge in [-0.3, -0.25) is 0 Å². The molecule has 19 heavy (non-hydrogen) atoms. The molecule has 1 heterocycles. The first-order valence-corrected chi connectivity index (χ1v) is 6.84. The van der Waals surface area contributed by atoms with Crippen molar-refractivity contribution < 1.29 is 4.79 Å². The first-order chi connectivity index (χ1) is 8.88. The molecule has 5 heteroatoms. The zero-order chi connectivity index (χ0) is 14.0. The van der Waals surface area contributed by atoms with E-state index in [1.807, 2.05) is 17.0 Å². The molecule has 0 aliphatic carbocycles. The van der Waals surface area contributed by atoms with Gasteiger partial charge in [-0.1, -0.05) is 17.7 Å². The molecular formula is C14H20ClN3O. The van der Waals surface area contributed by atoms with Crippen molar-refractivity contribution in [3.8, 4) is 0 Å². The minimum atomic E-state index is -0.199. The van der Waals surface area contributed by atoms with Crippen molar-refractivity contribution in [2.75, 3.05) is 18.4 Å². The number of nitrogens with zero attached hydrogens (tertiary/aromatic N) is 1. The number of carbonyl (C=O) groups excluding carboxylic acids is 1. The van der Waals surface area contributed by atoms with Crippen LogP contribution in [0.15, 0.2) is 24.3 Å². The van der Waals surface area contributed by atoms with Gasteiger partial charge in [0.05, 0.1) is 5.54 Å². The summed E-state index contributed by atoms with van der Waals surface area (Å²) in [6.07, 6.45) is 0. The van der Waals surface area contributed by atoms with Crippen LogP contribution in [0.25, 0.3) is 0 Å². The number of halogens is 1. The van der Waals surface area contributed by atoms with E-state index in [-0.39, 0.29) is 11.6 Å². The zero-order valence-electron chi connectivity index (χ0n) is 11.5. The molecule has 4 nitrogen and oxygen atoms in total. The summed E-state index contributed by atoms with van der Waals surface area (Å²) in [5.74, 6) is 0. The van der Waals surface area contributed by atoms with Crippen molar-refractivity contribution in [3.63, 3.8) is 0 Å². The van der Waals surface area contributed by atoms with Crippen LogP contribution in [0.4, 0.5) is 10.5 Å². The average molecular weight is 282 g/mol. The minimum Gasteiger partial charge on any atom is -0.317 e. The fourth-order valence-electron chi connectivity index (χ4n) is 2.22. The van der Waals surface area contributed by atoms with Gasteiger partial charge in [0, 0.05) is 29.8 Å². The van der Waals surface area contributed by atoms with Crippen LogP contribution in [0, 0.1) is 0 Å². The minimum absolute atomic E-state index is 0.0828. The molecule has 1 fully saturated rings. The molecule has 1 aliphatic heterocycles. The summed E-state index contributed by atoms with van der Waals surface area (Å²) >= 11 is 5.92. The van der Waals surface area contributed by atoms with E-state index in [1.165, 1.54) is 0 Å². The van der Waals surface area contributed by atoms with E-state index in [9.17, 15) is 4.79 Å². The number of benzene rings is 1. The fraction of sp³-hybridized carbons (Fsp3) is 0.500. The van der Waals surface area contributed by atoms with Gasteiger partial charge in [-0.05, 0) is 39.0 Å². The monoisotopic (exact) mass is 281 g/mol. The summed E-state index contributed by atoms with van der Waals surface area (Å²) in [7, 11) is 0. The zero-order valence-corrected chi connectivity index (χ0v) is 12.3. The van der Waals surface area contributed by atoms with Gasteiger partial charge in [0.15, 0.2) is 0 Å². The van der Waals surface area contributed by atoms with Crippen molar-refractivity contribution in [1.29, 1.82) is 0 Å². The lowest BCUT2D eigenvalue weighted by Gasteiger charge is -2.45. The van der Waals surface area contributed by atoms with E-state index in [0.717, 1.165) is 12.2 Å². The van der Waals surface area contributed by atoms with Crippen molar-refractivity contribution in [3.05, 3.63) is 29.3 Å². The lowest BCUT2D eigenvalue weighted by molar-refractivity contribution is 0.105. The van der Waals surface area contributed by atoms with Crippen molar-refractivity contribution in [2.24, 2.45) is 0 Å². The number of hydrogen-bond acceptors (Lipinski definition) is 2. The molecule has 1 aromatic rings. The standard InChI is InChI=1S/C14H20ClN3O/c1-10-8-18(14(2,3)9-16-10)13(19)17-12-6-4-5-11(15)7-12/h4-7,10,16H,8-9H2,1-3H3,(H,17,19). The van der Waals surface area contributed by atoms with Crippen molar-refractivity contribution in [2.45, 2.75) is 32.4 Å². The topological polar surface area (TPSA) is 44.4 Å². The number of rotatable bonds is 1. The van der Waals surface area contributed by atoms with Gasteiger partial charge >= 0.3 is 6.03 Å². The third-order valence-corrected chi connectivity index (χ3v) is 3.63. The number of carbonyl (C=O) groups is 1. The van der Waals surface area contributed by atoms with Crippen molar-refractivity contribution >= 4 is 23.3 Å². The molecule has 2 rings (SSSR count). The van der Waals surface area contributed by atoms with Gasteiger partial charge in [0.25, 0.3) is 0 Å². The molecule has 1 aromatic carbocycles. The fourth-order valence-corrected chi connectivity index (χ4v) is 2.41. The molecule has 2 amide bonds. The summed E-state index contributed by atoms with van der Waals surface area (Å²) in [6.45, 7) is 7.68. The van der Waals surface area contributed by atoms with Gasteiger partial charge in [-0.2, -0.15) is 0 Å². The van der Waals surface area contributed by atoms with Gasteiger partial charge in [-0.25, -0.2) is 4.79 Å². The van der Waals surface area contributed by atoms with E-state index in [2.05, 4.69) is 31.4 Å². The molecule has 0 radical (unpaired) electrons. The Kier molecular flexibility index (Phi) is 4.02. The van der Waals surface area contributed by atoms with Gasteiger partial charge < -0.3 is 15.5 Å². The van der Waals surface area contributed by atoms with Crippen LogP contribution in [0.2, 0.25) is 5.02 Å². The van der Waals surface area contributed by atoms with Crippen LogP contribution in [-0.2, 0) is 0 Å². The maximum atomic E-state index is 12.4. The Morgan fingerprint density at radius 2 is 2.26 bits per heavy atom. The largest absolute Gasteiger partial charge is 0.322 e. The van der Waals surface area contributed by atoms with Gasteiger partial charge in [-0.15, -0.1) is 0 Å².